The van der Waals surface area contributed by atoms with E-state index in [1.54, 1.807) is 31.3 Å². The molecule has 4 aromatic rings. The number of aromatic amines is 1. The molecule has 0 aliphatic heterocycles. The number of imidazole rings is 2. The molecule has 0 unspecified atom stereocenters. The average molecular weight is 422 g/mol. The lowest BCUT2D eigenvalue weighted by molar-refractivity contribution is 0.598. The SMILES string of the molecule is Cn1cnc(S(=O)(=O)Nc2ccc3nc(-c4ccccc4Cl)[nH]c3c2)c1Cl. The fourth-order valence-electron chi connectivity index (χ4n) is 2.63. The van der Waals surface area contributed by atoms with E-state index in [4.69, 9.17) is 23.2 Å². The van der Waals surface area contributed by atoms with Crippen molar-refractivity contribution in [3.63, 3.8) is 0 Å². The Balaban J connectivity index is 1.70. The largest absolute Gasteiger partial charge is 0.338 e. The van der Waals surface area contributed by atoms with Crippen LogP contribution in [0.1, 0.15) is 0 Å². The van der Waals surface area contributed by atoms with Gasteiger partial charge in [-0.25, -0.2) is 9.97 Å². The van der Waals surface area contributed by atoms with E-state index in [9.17, 15) is 8.42 Å². The lowest BCUT2D eigenvalue weighted by Gasteiger charge is -2.06. The van der Waals surface area contributed by atoms with Gasteiger partial charge in [0, 0.05) is 12.6 Å². The van der Waals surface area contributed by atoms with Gasteiger partial charge >= 0.3 is 0 Å². The molecule has 0 fully saturated rings. The van der Waals surface area contributed by atoms with Crippen LogP contribution in [0.5, 0.6) is 0 Å². The summed E-state index contributed by atoms with van der Waals surface area (Å²) in [6.07, 6.45) is 1.34. The van der Waals surface area contributed by atoms with Crippen molar-refractivity contribution in [2.45, 2.75) is 5.03 Å². The third-order valence-electron chi connectivity index (χ3n) is 3.95. The Bertz CT molecular complexity index is 1260. The zero-order valence-corrected chi connectivity index (χ0v) is 16.3. The smallest absolute Gasteiger partial charge is 0.282 e. The highest BCUT2D eigenvalue weighted by Crippen LogP contribution is 2.29. The molecule has 4 rings (SSSR count). The third kappa shape index (κ3) is 3.27. The zero-order chi connectivity index (χ0) is 19.2. The molecule has 7 nitrogen and oxygen atoms in total. The van der Waals surface area contributed by atoms with Gasteiger partial charge < -0.3 is 9.55 Å². The molecule has 27 heavy (non-hydrogen) atoms. The molecule has 0 amide bonds. The molecule has 0 aliphatic rings. The Labute approximate surface area is 165 Å². The maximum Gasteiger partial charge on any atom is 0.282 e. The van der Waals surface area contributed by atoms with E-state index in [0.29, 0.717) is 27.6 Å². The summed E-state index contributed by atoms with van der Waals surface area (Å²) in [4.78, 5) is 11.5. The van der Waals surface area contributed by atoms with Crippen molar-refractivity contribution >= 4 is 49.9 Å². The van der Waals surface area contributed by atoms with E-state index in [2.05, 4.69) is 19.7 Å². The monoisotopic (exact) mass is 421 g/mol. The van der Waals surface area contributed by atoms with Crippen molar-refractivity contribution in [3.05, 3.63) is 59.0 Å². The number of benzene rings is 2. The molecule has 0 bridgehead atoms. The maximum absolute atomic E-state index is 12.5. The molecule has 2 aromatic heterocycles. The van der Waals surface area contributed by atoms with Crippen LogP contribution in [0.2, 0.25) is 10.2 Å². The second-order valence-corrected chi connectivity index (χ2v) is 8.22. The van der Waals surface area contributed by atoms with Gasteiger partial charge in [0.2, 0.25) is 5.03 Å². The van der Waals surface area contributed by atoms with Crippen LogP contribution in [0, 0.1) is 0 Å². The predicted molar refractivity (Wildman–Crippen MR) is 106 cm³/mol. The molecule has 10 heteroatoms. The van der Waals surface area contributed by atoms with E-state index in [0.717, 1.165) is 5.56 Å². The first-order chi connectivity index (χ1) is 12.8. The van der Waals surface area contributed by atoms with E-state index >= 15 is 0 Å². The molecule has 0 saturated heterocycles. The number of anilines is 1. The van der Waals surface area contributed by atoms with Crippen molar-refractivity contribution in [3.8, 4) is 11.4 Å². The predicted octanol–water partition coefficient (Wildman–Crippen LogP) is 4.07. The minimum atomic E-state index is -3.91. The third-order valence-corrected chi connectivity index (χ3v) is 6.15. The first kappa shape index (κ1) is 17.8. The summed E-state index contributed by atoms with van der Waals surface area (Å²) in [6, 6.07) is 12.3. The normalized spacial score (nSPS) is 11.8. The van der Waals surface area contributed by atoms with Crippen LogP contribution in [0.25, 0.3) is 22.4 Å². The van der Waals surface area contributed by atoms with Gasteiger partial charge in [-0.15, -0.1) is 0 Å². The van der Waals surface area contributed by atoms with Gasteiger partial charge in [0.05, 0.1) is 28.1 Å². The fraction of sp³-hybridized carbons (Fsp3) is 0.0588. The zero-order valence-electron chi connectivity index (χ0n) is 13.9. The van der Waals surface area contributed by atoms with E-state index in [1.165, 1.54) is 10.9 Å². The first-order valence-corrected chi connectivity index (χ1v) is 10.0. The molecule has 2 heterocycles. The van der Waals surface area contributed by atoms with Crippen molar-refractivity contribution in [1.29, 1.82) is 0 Å². The van der Waals surface area contributed by atoms with Crippen LogP contribution in [0.4, 0.5) is 5.69 Å². The Morgan fingerprint density at radius 1 is 1.15 bits per heavy atom. The number of hydrogen-bond acceptors (Lipinski definition) is 4. The molecular weight excluding hydrogens is 409 g/mol. The van der Waals surface area contributed by atoms with Gasteiger partial charge in [-0.05, 0) is 30.3 Å². The minimum Gasteiger partial charge on any atom is -0.338 e. The van der Waals surface area contributed by atoms with Crippen LogP contribution in [-0.4, -0.2) is 27.9 Å². The molecule has 0 spiro atoms. The molecule has 0 radical (unpaired) electrons. The number of nitrogens with one attached hydrogen (secondary N) is 2. The van der Waals surface area contributed by atoms with Gasteiger partial charge in [0.15, 0.2) is 0 Å². The Hall–Kier alpha value is -2.55. The number of hydrogen-bond donors (Lipinski definition) is 2. The van der Waals surface area contributed by atoms with Gasteiger partial charge in [-0.3, -0.25) is 4.72 Å². The maximum atomic E-state index is 12.5. The highest BCUT2D eigenvalue weighted by molar-refractivity contribution is 7.92. The van der Waals surface area contributed by atoms with Crippen LogP contribution < -0.4 is 4.72 Å². The number of fused-ring (bicyclic) bond motifs is 1. The fourth-order valence-corrected chi connectivity index (χ4v) is 4.34. The average Bonchev–Trinajstić information content (AvgIpc) is 3.18. The van der Waals surface area contributed by atoms with Crippen LogP contribution in [-0.2, 0) is 17.1 Å². The molecular formula is C17H13Cl2N5O2S. The number of H-pyrrole nitrogens is 1. The van der Waals surface area contributed by atoms with Crippen LogP contribution in [0.15, 0.2) is 53.8 Å². The second-order valence-electron chi connectivity index (χ2n) is 5.85. The van der Waals surface area contributed by atoms with Crippen LogP contribution in [0.3, 0.4) is 0 Å². The van der Waals surface area contributed by atoms with Gasteiger partial charge in [-0.1, -0.05) is 35.3 Å². The topological polar surface area (TPSA) is 92.7 Å². The van der Waals surface area contributed by atoms with E-state index in [1.807, 2.05) is 18.2 Å². The summed E-state index contributed by atoms with van der Waals surface area (Å²) in [5.74, 6) is 0.600. The summed E-state index contributed by atoms with van der Waals surface area (Å²) in [5.41, 5.74) is 2.47. The van der Waals surface area contributed by atoms with Crippen molar-refractivity contribution in [2.24, 2.45) is 7.05 Å². The first-order valence-electron chi connectivity index (χ1n) is 7.79. The number of aryl methyl sites for hydroxylation is 1. The Kier molecular flexibility index (Phi) is 4.33. The molecule has 0 atom stereocenters. The summed E-state index contributed by atoms with van der Waals surface area (Å²) in [5, 5.41) is 0.376. The van der Waals surface area contributed by atoms with E-state index < -0.39 is 10.0 Å². The number of aromatic nitrogens is 4. The molecule has 2 aromatic carbocycles. The van der Waals surface area contributed by atoms with Crippen molar-refractivity contribution in [1.82, 2.24) is 19.5 Å². The quantitative estimate of drug-likeness (QED) is 0.519. The highest BCUT2D eigenvalue weighted by Gasteiger charge is 2.22. The second kappa shape index (κ2) is 6.56. The lowest BCUT2D eigenvalue weighted by Crippen LogP contribution is -2.14. The van der Waals surface area contributed by atoms with Gasteiger partial charge in [-0.2, -0.15) is 8.42 Å². The Morgan fingerprint density at radius 2 is 1.93 bits per heavy atom. The Morgan fingerprint density at radius 3 is 2.63 bits per heavy atom. The number of halogens is 2. The molecule has 2 N–H and O–H groups in total. The number of sulfonamides is 1. The molecule has 0 saturated carbocycles. The summed E-state index contributed by atoms with van der Waals surface area (Å²) in [6.45, 7) is 0. The van der Waals surface area contributed by atoms with Gasteiger partial charge in [0.1, 0.15) is 11.0 Å². The highest BCUT2D eigenvalue weighted by atomic mass is 35.5. The standard InChI is InChI=1S/C17H13Cl2N5O2S/c1-24-9-20-17(15(24)19)27(25,26)23-10-6-7-13-14(8-10)22-16(21-13)11-4-2-3-5-12(11)18/h2-9,23H,1H3,(H,21,22). The minimum absolute atomic E-state index is 0.0334. The van der Waals surface area contributed by atoms with Crippen LogP contribution >= 0.6 is 23.2 Å². The summed E-state index contributed by atoms with van der Waals surface area (Å²) >= 11 is 12.2. The summed E-state index contributed by atoms with van der Waals surface area (Å²) in [7, 11) is -2.30. The lowest BCUT2D eigenvalue weighted by atomic mass is 10.2. The van der Waals surface area contributed by atoms with Crippen molar-refractivity contribution in [2.75, 3.05) is 4.72 Å². The van der Waals surface area contributed by atoms with Crippen molar-refractivity contribution < 1.29 is 8.42 Å². The molecule has 0 aliphatic carbocycles. The summed E-state index contributed by atoms with van der Waals surface area (Å²) < 4.78 is 29.0. The van der Waals surface area contributed by atoms with Gasteiger partial charge in [0.25, 0.3) is 10.0 Å². The molecule has 138 valence electrons. The number of nitrogens with zero attached hydrogens (tertiary/aromatic N) is 3. The number of rotatable bonds is 4. The van der Waals surface area contributed by atoms with E-state index in [-0.39, 0.29) is 10.2 Å².